The maximum absolute atomic E-state index is 9.71. The first-order valence-corrected chi connectivity index (χ1v) is 10.7. The standard InChI is InChI=1S/C23H33N5O2/c1-5-6-7-19-8-10-20(11-9-19)27-12-14-28(15-13-27)23(26-29)25-21-16-17(2)18(3)24-22(21)30-4/h8-11,16,29H,5-7,12-15H2,1-4H3,(H,25,26). The minimum atomic E-state index is 0.410. The maximum Gasteiger partial charge on any atom is 0.240 e. The number of hydroxylamine groups is 1. The fourth-order valence-corrected chi connectivity index (χ4v) is 3.61. The molecule has 7 heteroatoms. The van der Waals surface area contributed by atoms with Crippen LogP contribution in [0.5, 0.6) is 5.88 Å². The smallest absolute Gasteiger partial charge is 0.240 e. The molecule has 0 amide bonds. The van der Waals surface area contributed by atoms with Gasteiger partial charge in [0.2, 0.25) is 11.8 Å². The Labute approximate surface area is 179 Å². The van der Waals surface area contributed by atoms with E-state index in [0.29, 0.717) is 17.5 Å². The first-order chi connectivity index (χ1) is 14.5. The van der Waals surface area contributed by atoms with Crippen LogP contribution in [0.4, 0.5) is 11.4 Å². The third-order valence-electron chi connectivity index (χ3n) is 5.63. The highest BCUT2D eigenvalue weighted by atomic mass is 16.5. The van der Waals surface area contributed by atoms with E-state index in [2.05, 4.69) is 51.5 Å². The van der Waals surface area contributed by atoms with Gasteiger partial charge in [-0.25, -0.2) is 15.5 Å². The van der Waals surface area contributed by atoms with Crippen molar-refractivity contribution in [2.24, 2.45) is 4.99 Å². The van der Waals surface area contributed by atoms with Crippen LogP contribution < -0.4 is 15.1 Å². The van der Waals surface area contributed by atoms with Crippen LogP contribution in [-0.4, -0.2) is 54.3 Å². The Morgan fingerprint density at radius 3 is 2.47 bits per heavy atom. The summed E-state index contributed by atoms with van der Waals surface area (Å²) in [5.74, 6) is 0.862. The molecule has 3 rings (SSSR count). The summed E-state index contributed by atoms with van der Waals surface area (Å²) in [6, 6.07) is 10.8. The number of nitrogens with zero attached hydrogens (tertiary/aromatic N) is 4. The molecule has 7 nitrogen and oxygen atoms in total. The number of pyridine rings is 1. The number of hydrogen-bond donors (Lipinski definition) is 2. The van der Waals surface area contributed by atoms with E-state index in [1.54, 1.807) is 7.11 Å². The number of aryl methyl sites for hydroxylation is 3. The quantitative estimate of drug-likeness (QED) is 0.427. The number of unbranched alkanes of at least 4 members (excludes halogenated alkanes) is 1. The Kier molecular flexibility index (Phi) is 7.52. The van der Waals surface area contributed by atoms with Crippen molar-refractivity contribution in [1.29, 1.82) is 0 Å². The van der Waals surface area contributed by atoms with Gasteiger partial charge in [0.05, 0.1) is 7.11 Å². The molecule has 0 bridgehead atoms. The first kappa shape index (κ1) is 21.9. The predicted octanol–water partition coefficient (Wildman–Crippen LogP) is 3.84. The maximum atomic E-state index is 9.71. The van der Waals surface area contributed by atoms with Crippen molar-refractivity contribution < 1.29 is 9.94 Å². The summed E-state index contributed by atoms with van der Waals surface area (Å²) in [7, 11) is 1.58. The average molecular weight is 412 g/mol. The molecule has 0 unspecified atom stereocenters. The van der Waals surface area contributed by atoms with Crippen LogP contribution >= 0.6 is 0 Å². The van der Waals surface area contributed by atoms with E-state index in [4.69, 9.17) is 4.74 Å². The SMILES string of the molecule is CCCCc1ccc(N2CCN(C(=Nc3cc(C)c(C)nc3OC)NO)CC2)cc1. The topological polar surface area (TPSA) is 73.2 Å². The number of nitrogens with one attached hydrogen (secondary N) is 1. The largest absolute Gasteiger partial charge is 0.479 e. The van der Waals surface area contributed by atoms with E-state index in [1.807, 2.05) is 24.8 Å². The Bertz CT molecular complexity index is 859. The van der Waals surface area contributed by atoms with Gasteiger partial charge >= 0.3 is 0 Å². The lowest BCUT2D eigenvalue weighted by atomic mass is 10.1. The summed E-state index contributed by atoms with van der Waals surface area (Å²) in [5.41, 5.74) is 7.43. The van der Waals surface area contributed by atoms with Gasteiger partial charge in [-0.15, -0.1) is 0 Å². The second-order valence-electron chi connectivity index (χ2n) is 7.71. The summed E-state index contributed by atoms with van der Waals surface area (Å²) < 4.78 is 5.37. The minimum Gasteiger partial charge on any atom is -0.479 e. The van der Waals surface area contributed by atoms with Crippen LogP contribution in [-0.2, 0) is 6.42 Å². The van der Waals surface area contributed by atoms with Crippen LogP contribution in [0.3, 0.4) is 0 Å². The lowest BCUT2D eigenvalue weighted by Gasteiger charge is -2.37. The summed E-state index contributed by atoms with van der Waals surface area (Å²) >= 11 is 0. The molecule has 0 radical (unpaired) electrons. The number of guanidine groups is 1. The molecule has 2 heterocycles. The minimum absolute atomic E-state index is 0.410. The zero-order chi connectivity index (χ0) is 21.5. The fraction of sp³-hybridized carbons (Fsp3) is 0.478. The highest BCUT2D eigenvalue weighted by Gasteiger charge is 2.21. The highest BCUT2D eigenvalue weighted by Crippen LogP contribution is 2.28. The van der Waals surface area contributed by atoms with Crippen LogP contribution in [0.2, 0.25) is 0 Å². The van der Waals surface area contributed by atoms with E-state index < -0.39 is 0 Å². The summed E-state index contributed by atoms with van der Waals surface area (Å²) in [6.07, 6.45) is 3.59. The van der Waals surface area contributed by atoms with Gasteiger partial charge in [-0.05, 0) is 56.0 Å². The summed E-state index contributed by atoms with van der Waals surface area (Å²) in [6.45, 7) is 9.37. The highest BCUT2D eigenvalue weighted by molar-refractivity contribution is 5.83. The summed E-state index contributed by atoms with van der Waals surface area (Å²) in [5, 5.41) is 9.71. The predicted molar refractivity (Wildman–Crippen MR) is 121 cm³/mol. The Morgan fingerprint density at radius 1 is 1.17 bits per heavy atom. The zero-order valence-electron chi connectivity index (χ0n) is 18.5. The van der Waals surface area contributed by atoms with E-state index in [1.165, 1.54) is 24.1 Å². The molecule has 0 aliphatic carbocycles. The van der Waals surface area contributed by atoms with Gasteiger partial charge in [0, 0.05) is 37.6 Å². The van der Waals surface area contributed by atoms with E-state index in [-0.39, 0.29) is 0 Å². The first-order valence-electron chi connectivity index (χ1n) is 10.7. The lowest BCUT2D eigenvalue weighted by molar-refractivity contribution is 0.207. The van der Waals surface area contributed by atoms with Crippen molar-refractivity contribution >= 4 is 17.3 Å². The number of hydrogen-bond acceptors (Lipinski definition) is 5. The number of anilines is 1. The number of benzene rings is 1. The average Bonchev–Trinajstić information content (AvgIpc) is 2.78. The number of rotatable bonds is 6. The number of methoxy groups -OCH3 is 1. The van der Waals surface area contributed by atoms with Crippen LogP contribution in [0.15, 0.2) is 35.3 Å². The van der Waals surface area contributed by atoms with Gasteiger partial charge in [-0.1, -0.05) is 25.5 Å². The molecule has 1 aromatic carbocycles. The van der Waals surface area contributed by atoms with Crippen molar-refractivity contribution in [2.75, 3.05) is 38.2 Å². The molecule has 1 fully saturated rings. The molecule has 1 aliphatic heterocycles. The molecule has 2 aromatic rings. The second kappa shape index (κ2) is 10.3. The van der Waals surface area contributed by atoms with Gasteiger partial charge in [-0.2, -0.15) is 0 Å². The van der Waals surface area contributed by atoms with E-state index in [0.717, 1.165) is 43.9 Å². The number of aromatic nitrogens is 1. The van der Waals surface area contributed by atoms with Gasteiger partial charge in [-0.3, -0.25) is 5.21 Å². The second-order valence-corrected chi connectivity index (χ2v) is 7.71. The van der Waals surface area contributed by atoms with E-state index in [9.17, 15) is 5.21 Å². The number of aliphatic imine (C=N–C) groups is 1. The molecule has 0 atom stereocenters. The molecule has 0 spiro atoms. The lowest BCUT2D eigenvalue weighted by Crippen LogP contribution is -2.52. The van der Waals surface area contributed by atoms with Crippen LogP contribution in [0, 0.1) is 13.8 Å². The molecule has 1 saturated heterocycles. The van der Waals surface area contributed by atoms with Gasteiger partial charge in [0.25, 0.3) is 0 Å². The van der Waals surface area contributed by atoms with Crippen molar-refractivity contribution in [1.82, 2.24) is 15.4 Å². The van der Waals surface area contributed by atoms with Crippen molar-refractivity contribution in [3.63, 3.8) is 0 Å². The molecule has 2 N–H and O–H groups in total. The molecule has 1 aromatic heterocycles. The van der Waals surface area contributed by atoms with Gasteiger partial charge in [0.1, 0.15) is 5.69 Å². The molecule has 0 saturated carbocycles. The van der Waals surface area contributed by atoms with Crippen molar-refractivity contribution in [3.8, 4) is 5.88 Å². The van der Waals surface area contributed by atoms with Gasteiger partial charge < -0.3 is 14.5 Å². The fourth-order valence-electron chi connectivity index (χ4n) is 3.61. The Hall–Kier alpha value is -2.80. The Morgan fingerprint density at radius 2 is 1.87 bits per heavy atom. The van der Waals surface area contributed by atoms with Crippen molar-refractivity contribution in [2.45, 2.75) is 40.0 Å². The van der Waals surface area contributed by atoms with Crippen molar-refractivity contribution in [3.05, 3.63) is 47.2 Å². The Balaban J connectivity index is 1.67. The third-order valence-corrected chi connectivity index (χ3v) is 5.63. The monoisotopic (exact) mass is 411 g/mol. The van der Waals surface area contributed by atoms with E-state index >= 15 is 0 Å². The molecular weight excluding hydrogens is 378 g/mol. The van der Waals surface area contributed by atoms with Gasteiger partial charge in [0.15, 0.2) is 0 Å². The number of piperazine rings is 1. The normalized spacial score (nSPS) is 14.8. The zero-order valence-corrected chi connectivity index (χ0v) is 18.5. The summed E-state index contributed by atoms with van der Waals surface area (Å²) in [4.78, 5) is 13.4. The van der Waals surface area contributed by atoms with Crippen LogP contribution in [0.25, 0.3) is 0 Å². The number of ether oxygens (including phenoxy) is 1. The third kappa shape index (κ3) is 5.21. The molecule has 1 aliphatic rings. The molecule has 162 valence electrons. The van der Waals surface area contributed by atoms with Crippen LogP contribution in [0.1, 0.15) is 36.6 Å². The molecular formula is C23H33N5O2. The molecule has 30 heavy (non-hydrogen) atoms.